The van der Waals surface area contributed by atoms with E-state index in [1.54, 1.807) is 0 Å². The molecule has 1 aliphatic rings. The van der Waals surface area contributed by atoms with Gasteiger partial charge >= 0.3 is 0 Å². The number of amidine groups is 1. The third kappa shape index (κ3) is 4.72. The summed E-state index contributed by atoms with van der Waals surface area (Å²) in [5, 5.41) is 11.3. The molecule has 1 saturated heterocycles. The van der Waals surface area contributed by atoms with Gasteiger partial charge in [-0.1, -0.05) is 5.16 Å². The van der Waals surface area contributed by atoms with Gasteiger partial charge < -0.3 is 15.8 Å². The van der Waals surface area contributed by atoms with Gasteiger partial charge in [-0.3, -0.25) is 0 Å². The molecule has 14 heavy (non-hydrogen) atoms. The highest BCUT2D eigenvalue weighted by Crippen LogP contribution is 2.10. The fraction of sp³-hybridized carbons (Fsp3) is 0.889. The van der Waals surface area contributed by atoms with Crippen molar-refractivity contribution in [1.82, 2.24) is 4.90 Å². The molecule has 4 nitrogen and oxygen atoms in total. The minimum absolute atomic E-state index is 0.342. The monoisotopic (exact) mass is 217 g/mol. The molecule has 5 heteroatoms. The summed E-state index contributed by atoms with van der Waals surface area (Å²) in [4.78, 5) is 2.46. The second kappa shape index (κ2) is 6.95. The molecule has 1 fully saturated rings. The van der Waals surface area contributed by atoms with Crippen LogP contribution in [0.1, 0.15) is 19.3 Å². The number of rotatable bonds is 4. The van der Waals surface area contributed by atoms with Crippen LogP contribution < -0.4 is 5.73 Å². The Balaban J connectivity index is 2.10. The summed E-state index contributed by atoms with van der Waals surface area (Å²) in [6, 6.07) is 0. The molecule has 0 aromatic carbocycles. The highest BCUT2D eigenvalue weighted by molar-refractivity contribution is 7.99. The molecule has 0 aromatic rings. The molecule has 0 saturated carbocycles. The van der Waals surface area contributed by atoms with E-state index in [0.717, 1.165) is 13.0 Å². The molecule has 0 unspecified atom stereocenters. The number of oxime groups is 1. The van der Waals surface area contributed by atoms with E-state index in [1.165, 1.54) is 31.0 Å². The molecule has 0 spiro atoms. The van der Waals surface area contributed by atoms with Gasteiger partial charge in [0.05, 0.1) is 0 Å². The van der Waals surface area contributed by atoms with Crippen molar-refractivity contribution in [1.29, 1.82) is 0 Å². The van der Waals surface area contributed by atoms with Gasteiger partial charge in [0.15, 0.2) is 0 Å². The van der Waals surface area contributed by atoms with Gasteiger partial charge in [-0.25, -0.2) is 0 Å². The van der Waals surface area contributed by atoms with Crippen molar-refractivity contribution in [3.8, 4) is 0 Å². The maximum atomic E-state index is 8.36. The summed E-state index contributed by atoms with van der Waals surface area (Å²) in [5.74, 6) is 2.87. The van der Waals surface area contributed by atoms with E-state index in [-0.39, 0.29) is 0 Å². The standard InChI is InChI=1S/C9H19N3OS/c10-9(11-13)3-1-4-12-5-2-7-14-8-6-12/h13H,1-8H2,(H2,10,11). The second-order valence-corrected chi connectivity index (χ2v) is 4.73. The normalized spacial score (nSPS) is 20.7. The summed E-state index contributed by atoms with van der Waals surface area (Å²) in [6.45, 7) is 3.45. The van der Waals surface area contributed by atoms with Crippen molar-refractivity contribution in [2.75, 3.05) is 31.1 Å². The largest absolute Gasteiger partial charge is 0.409 e. The molecule has 0 bridgehead atoms. The number of thioether (sulfide) groups is 1. The Bertz CT molecular complexity index is 179. The van der Waals surface area contributed by atoms with Gasteiger partial charge in [-0.15, -0.1) is 0 Å². The van der Waals surface area contributed by atoms with Gasteiger partial charge in [0.1, 0.15) is 5.84 Å². The molecule has 1 heterocycles. The Morgan fingerprint density at radius 1 is 1.43 bits per heavy atom. The van der Waals surface area contributed by atoms with Gasteiger partial charge in [0, 0.05) is 18.7 Å². The highest BCUT2D eigenvalue weighted by atomic mass is 32.2. The first-order valence-corrected chi connectivity index (χ1v) is 6.25. The number of hydrogen-bond donors (Lipinski definition) is 2. The van der Waals surface area contributed by atoms with Gasteiger partial charge in [0.25, 0.3) is 0 Å². The first kappa shape index (κ1) is 11.7. The van der Waals surface area contributed by atoms with Crippen LogP contribution in [0, 0.1) is 0 Å². The highest BCUT2D eigenvalue weighted by Gasteiger charge is 2.08. The molecule has 0 amide bonds. The van der Waals surface area contributed by atoms with E-state index in [9.17, 15) is 0 Å². The van der Waals surface area contributed by atoms with E-state index >= 15 is 0 Å². The van der Waals surface area contributed by atoms with Crippen molar-refractivity contribution in [3.63, 3.8) is 0 Å². The molecule has 0 radical (unpaired) electrons. The first-order valence-electron chi connectivity index (χ1n) is 5.09. The lowest BCUT2D eigenvalue weighted by Gasteiger charge is -2.18. The Morgan fingerprint density at radius 3 is 3.07 bits per heavy atom. The fourth-order valence-electron chi connectivity index (χ4n) is 1.56. The van der Waals surface area contributed by atoms with E-state index < -0.39 is 0 Å². The molecule has 1 aliphatic heterocycles. The smallest absolute Gasteiger partial charge is 0.139 e. The van der Waals surface area contributed by atoms with Gasteiger partial charge in [0.2, 0.25) is 0 Å². The Morgan fingerprint density at radius 2 is 2.29 bits per heavy atom. The predicted molar refractivity (Wildman–Crippen MR) is 61.0 cm³/mol. The predicted octanol–water partition coefficient (Wildman–Crippen LogP) is 0.952. The maximum absolute atomic E-state index is 8.36. The van der Waals surface area contributed by atoms with E-state index in [2.05, 4.69) is 10.1 Å². The zero-order valence-electron chi connectivity index (χ0n) is 8.48. The van der Waals surface area contributed by atoms with Crippen LogP contribution in [0.5, 0.6) is 0 Å². The molecular formula is C9H19N3OS. The van der Waals surface area contributed by atoms with Gasteiger partial charge in [-0.2, -0.15) is 11.8 Å². The Labute approximate surface area is 89.5 Å². The number of hydrogen-bond acceptors (Lipinski definition) is 4. The molecule has 0 aromatic heterocycles. The molecule has 1 rings (SSSR count). The average Bonchev–Trinajstić information content (AvgIpc) is 2.46. The summed E-state index contributed by atoms with van der Waals surface area (Å²) < 4.78 is 0. The van der Waals surface area contributed by atoms with E-state index in [1.807, 2.05) is 11.8 Å². The van der Waals surface area contributed by atoms with E-state index in [0.29, 0.717) is 12.3 Å². The third-order valence-electron chi connectivity index (χ3n) is 2.35. The summed E-state index contributed by atoms with van der Waals surface area (Å²) in [5.41, 5.74) is 5.40. The van der Waals surface area contributed by atoms with Crippen molar-refractivity contribution in [2.45, 2.75) is 19.3 Å². The van der Waals surface area contributed by atoms with Crippen LogP contribution in [0.25, 0.3) is 0 Å². The molecule has 0 aliphatic carbocycles. The summed E-state index contributed by atoms with van der Waals surface area (Å²) >= 11 is 2.03. The van der Waals surface area contributed by atoms with Crippen LogP contribution in [0.2, 0.25) is 0 Å². The van der Waals surface area contributed by atoms with Crippen LogP contribution in [-0.2, 0) is 0 Å². The summed E-state index contributed by atoms with van der Waals surface area (Å²) in [6.07, 6.45) is 2.97. The lowest BCUT2D eigenvalue weighted by Crippen LogP contribution is -2.28. The zero-order valence-corrected chi connectivity index (χ0v) is 9.30. The zero-order chi connectivity index (χ0) is 10.2. The van der Waals surface area contributed by atoms with Crippen LogP contribution in [-0.4, -0.2) is 47.1 Å². The SMILES string of the molecule is N/C(CCCN1CCCSCC1)=N\O. The van der Waals surface area contributed by atoms with Crippen LogP contribution in [0.4, 0.5) is 0 Å². The fourth-order valence-corrected chi connectivity index (χ4v) is 2.48. The lowest BCUT2D eigenvalue weighted by molar-refractivity contribution is 0.291. The topological polar surface area (TPSA) is 61.8 Å². The Hall–Kier alpha value is -0.420. The molecule has 82 valence electrons. The molecular weight excluding hydrogens is 198 g/mol. The average molecular weight is 217 g/mol. The van der Waals surface area contributed by atoms with E-state index in [4.69, 9.17) is 10.9 Å². The molecule has 0 atom stereocenters. The van der Waals surface area contributed by atoms with Crippen molar-refractivity contribution in [2.24, 2.45) is 10.9 Å². The minimum atomic E-state index is 0.342. The lowest BCUT2D eigenvalue weighted by atomic mass is 10.2. The summed E-state index contributed by atoms with van der Waals surface area (Å²) in [7, 11) is 0. The number of nitrogens with zero attached hydrogens (tertiary/aromatic N) is 2. The van der Waals surface area contributed by atoms with Crippen molar-refractivity contribution >= 4 is 17.6 Å². The van der Waals surface area contributed by atoms with Crippen LogP contribution >= 0.6 is 11.8 Å². The maximum Gasteiger partial charge on any atom is 0.139 e. The van der Waals surface area contributed by atoms with Crippen molar-refractivity contribution < 1.29 is 5.21 Å². The molecule has 3 N–H and O–H groups in total. The minimum Gasteiger partial charge on any atom is -0.409 e. The quantitative estimate of drug-likeness (QED) is 0.318. The third-order valence-corrected chi connectivity index (χ3v) is 3.40. The van der Waals surface area contributed by atoms with Crippen LogP contribution in [0.3, 0.4) is 0 Å². The first-order chi connectivity index (χ1) is 6.83. The Kier molecular flexibility index (Phi) is 5.78. The van der Waals surface area contributed by atoms with Crippen molar-refractivity contribution in [3.05, 3.63) is 0 Å². The number of nitrogens with two attached hydrogens (primary N) is 1. The van der Waals surface area contributed by atoms with Gasteiger partial charge in [-0.05, 0) is 31.7 Å². The second-order valence-electron chi connectivity index (χ2n) is 3.50. The van der Waals surface area contributed by atoms with Crippen LogP contribution in [0.15, 0.2) is 5.16 Å².